The van der Waals surface area contributed by atoms with Crippen molar-refractivity contribution in [1.29, 1.82) is 0 Å². The third kappa shape index (κ3) is 2.57. The summed E-state index contributed by atoms with van der Waals surface area (Å²) >= 11 is 0. The predicted molar refractivity (Wildman–Crippen MR) is 98.9 cm³/mol. The van der Waals surface area contributed by atoms with E-state index in [1.807, 2.05) is 6.92 Å². The van der Waals surface area contributed by atoms with Gasteiger partial charge < -0.3 is 14.9 Å². The summed E-state index contributed by atoms with van der Waals surface area (Å²) in [4.78, 5) is 0. The molecular weight excluding hydrogens is 312 g/mol. The van der Waals surface area contributed by atoms with E-state index >= 15 is 0 Å². The SMILES string of the molecule is CCOC1(O)CCC2=C(C[C@@H](C)C3C2=C(C)C[C@]2(C)C(O)CCC32)C1. The first-order valence-corrected chi connectivity index (χ1v) is 10.2. The molecule has 4 rings (SSSR count). The Morgan fingerprint density at radius 2 is 2.00 bits per heavy atom. The molecule has 0 spiro atoms. The minimum atomic E-state index is -0.957. The molecule has 0 heterocycles. The van der Waals surface area contributed by atoms with Crippen LogP contribution in [-0.4, -0.2) is 28.7 Å². The molecule has 0 aromatic heterocycles. The highest BCUT2D eigenvalue weighted by atomic mass is 16.6. The maximum Gasteiger partial charge on any atom is 0.169 e. The van der Waals surface area contributed by atoms with Crippen LogP contribution in [0.25, 0.3) is 0 Å². The van der Waals surface area contributed by atoms with Crippen molar-refractivity contribution in [3.63, 3.8) is 0 Å². The lowest BCUT2D eigenvalue weighted by atomic mass is 9.54. The van der Waals surface area contributed by atoms with Crippen LogP contribution in [0.1, 0.15) is 72.6 Å². The summed E-state index contributed by atoms with van der Waals surface area (Å²) in [5.41, 5.74) is 6.12. The lowest BCUT2D eigenvalue weighted by molar-refractivity contribution is -0.206. The van der Waals surface area contributed by atoms with Gasteiger partial charge in [-0.1, -0.05) is 25.0 Å². The molecule has 4 aliphatic carbocycles. The van der Waals surface area contributed by atoms with Gasteiger partial charge in [-0.05, 0) is 74.9 Å². The Bertz CT molecular complexity index is 633. The van der Waals surface area contributed by atoms with Gasteiger partial charge in [0.25, 0.3) is 0 Å². The van der Waals surface area contributed by atoms with Crippen molar-refractivity contribution in [2.45, 2.75) is 84.5 Å². The Morgan fingerprint density at radius 3 is 2.72 bits per heavy atom. The molecule has 1 fully saturated rings. The smallest absolute Gasteiger partial charge is 0.169 e. The Hall–Kier alpha value is -0.640. The average molecular weight is 347 g/mol. The molecule has 1 saturated carbocycles. The molecule has 4 unspecified atom stereocenters. The van der Waals surface area contributed by atoms with E-state index in [1.165, 1.54) is 16.7 Å². The highest BCUT2D eigenvalue weighted by molar-refractivity contribution is 5.48. The summed E-state index contributed by atoms with van der Waals surface area (Å²) in [6, 6.07) is 0. The van der Waals surface area contributed by atoms with E-state index in [1.54, 1.807) is 5.57 Å². The van der Waals surface area contributed by atoms with Gasteiger partial charge in [-0.15, -0.1) is 0 Å². The number of allylic oxidation sites excluding steroid dienone is 3. The largest absolute Gasteiger partial charge is 0.393 e. The molecule has 0 aromatic carbocycles. The lowest BCUT2D eigenvalue weighted by Gasteiger charge is -2.52. The van der Waals surface area contributed by atoms with Gasteiger partial charge in [0, 0.05) is 24.9 Å². The maximum absolute atomic E-state index is 10.8. The Labute approximate surface area is 152 Å². The highest BCUT2D eigenvalue weighted by Gasteiger charge is 2.55. The van der Waals surface area contributed by atoms with Gasteiger partial charge >= 0.3 is 0 Å². The second-order valence-electron chi connectivity index (χ2n) is 9.42. The molecule has 0 radical (unpaired) electrons. The van der Waals surface area contributed by atoms with Gasteiger partial charge in [0.2, 0.25) is 0 Å². The summed E-state index contributed by atoms with van der Waals surface area (Å²) < 4.78 is 5.69. The Morgan fingerprint density at radius 1 is 1.24 bits per heavy atom. The van der Waals surface area contributed by atoms with E-state index in [9.17, 15) is 10.2 Å². The van der Waals surface area contributed by atoms with E-state index < -0.39 is 5.79 Å². The first-order valence-electron chi connectivity index (χ1n) is 10.2. The van der Waals surface area contributed by atoms with E-state index in [-0.39, 0.29) is 11.5 Å². The summed E-state index contributed by atoms with van der Waals surface area (Å²) in [6.07, 6.45) is 6.41. The van der Waals surface area contributed by atoms with Crippen LogP contribution in [0.2, 0.25) is 0 Å². The molecule has 4 aliphatic rings. The monoisotopic (exact) mass is 346 g/mol. The molecule has 0 bridgehead atoms. The fourth-order valence-electron chi connectivity index (χ4n) is 6.83. The number of hydrogen-bond donors (Lipinski definition) is 2. The minimum absolute atomic E-state index is 0.0608. The molecule has 3 nitrogen and oxygen atoms in total. The van der Waals surface area contributed by atoms with Crippen LogP contribution in [-0.2, 0) is 4.74 Å². The third-order valence-corrected chi connectivity index (χ3v) is 7.83. The molecule has 0 saturated heterocycles. The topological polar surface area (TPSA) is 49.7 Å². The molecule has 0 amide bonds. The molecule has 2 N–H and O–H groups in total. The van der Waals surface area contributed by atoms with Crippen molar-refractivity contribution in [3.05, 3.63) is 22.3 Å². The van der Waals surface area contributed by atoms with Crippen LogP contribution in [0.4, 0.5) is 0 Å². The number of rotatable bonds is 2. The Kier molecular flexibility index (Phi) is 4.22. The summed E-state index contributed by atoms with van der Waals surface area (Å²) in [5, 5.41) is 21.4. The van der Waals surface area contributed by atoms with Crippen LogP contribution in [0.3, 0.4) is 0 Å². The predicted octanol–water partition coefficient (Wildman–Crippen LogP) is 4.35. The van der Waals surface area contributed by atoms with Crippen molar-refractivity contribution in [2.24, 2.45) is 23.2 Å². The second kappa shape index (κ2) is 5.94. The number of aliphatic hydroxyl groups is 2. The van der Waals surface area contributed by atoms with Crippen molar-refractivity contribution >= 4 is 0 Å². The summed E-state index contributed by atoms with van der Waals surface area (Å²) in [5.74, 6) is 0.829. The fraction of sp³-hybridized carbons (Fsp3) is 0.818. The number of ether oxygens (including phenoxy) is 1. The molecule has 0 aromatic rings. The zero-order valence-electron chi connectivity index (χ0n) is 16.3. The summed E-state index contributed by atoms with van der Waals surface area (Å²) in [6.45, 7) is 9.52. The van der Waals surface area contributed by atoms with Crippen LogP contribution in [0.15, 0.2) is 22.3 Å². The molecular formula is C22H34O3. The van der Waals surface area contributed by atoms with Gasteiger partial charge in [0.05, 0.1) is 6.10 Å². The third-order valence-electron chi connectivity index (χ3n) is 7.83. The van der Waals surface area contributed by atoms with Crippen LogP contribution < -0.4 is 0 Å². The lowest BCUT2D eigenvalue weighted by Crippen LogP contribution is -2.46. The molecule has 3 heteroatoms. The number of aliphatic hydroxyl groups excluding tert-OH is 1. The fourth-order valence-corrected chi connectivity index (χ4v) is 6.83. The zero-order chi connectivity index (χ0) is 18.0. The second-order valence-corrected chi connectivity index (χ2v) is 9.42. The van der Waals surface area contributed by atoms with E-state index in [0.717, 1.165) is 32.1 Å². The highest BCUT2D eigenvalue weighted by Crippen LogP contribution is 2.62. The minimum Gasteiger partial charge on any atom is -0.393 e. The van der Waals surface area contributed by atoms with Gasteiger partial charge in [-0.25, -0.2) is 0 Å². The van der Waals surface area contributed by atoms with E-state index in [4.69, 9.17) is 4.74 Å². The zero-order valence-corrected chi connectivity index (χ0v) is 16.3. The van der Waals surface area contributed by atoms with Gasteiger partial charge in [-0.3, -0.25) is 0 Å². The van der Waals surface area contributed by atoms with Crippen molar-refractivity contribution in [3.8, 4) is 0 Å². The molecule has 140 valence electrons. The first kappa shape index (κ1) is 17.8. The molecule has 0 aliphatic heterocycles. The van der Waals surface area contributed by atoms with E-state index in [0.29, 0.717) is 37.2 Å². The molecule has 25 heavy (non-hydrogen) atoms. The van der Waals surface area contributed by atoms with Crippen molar-refractivity contribution in [2.75, 3.05) is 6.61 Å². The maximum atomic E-state index is 10.8. The normalized spacial score (nSPS) is 46.8. The van der Waals surface area contributed by atoms with Gasteiger partial charge in [-0.2, -0.15) is 0 Å². The average Bonchev–Trinajstić information content (AvgIpc) is 2.82. The first-order chi connectivity index (χ1) is 11.8. The standard InChI is InChI=1S/C22H34O3/c1-5-25-22(24)9-8-16-15(12-22)10-13(2)20-17-6-7-18(23)21(17,4)11-14(3)19(16)20/h13,17-18,20,23-24H,5-12H2,1-4H3/t13-,17?,18?,20?,21+,22?/m1/s1. The number of fused-ring (bicyclic) bond motifs is 4. The van der Waals surface area contributed by atoms with E-state index in [2.05, 4.69) is 20.8 Å². The Balaban J connectivity index is 1.75. The summed E-state index contributed by atoms with van der Waals surface area (Å²) in [7, 11) is 0. The van der Waals surface area contributed by atoms with Gasteiger partial charge in [0.15, 0.2) is 5.79 Å². The number of hydrogen-bond acceptors (Lipinski definition) is 3. The quantitative estimate of drug-likeness (QED) is 0.731. The van der Waals surface area contributed by atoms with Gasteiger partial charge in [0.1, 0.15) is 0 Å². The van der Waals surface area contributed by atoms with Crippen molar-refractivity contribution in [1.82, 2.24) is 0 Å². The van der Waals surface area contributed by atoms with Crippen LogP contribution in [0, 0.1) is 23.2 Å². The molecule has 6 atom stereocenters. The van der Waals surface area contributed by atoms with Crippen molar-refractivity contribution < 1.29 is 14.9 Å². The van der Waals surface area contributed by atoms with Crippen LogP contribution in [0.5, 0.6) is 0 Å². The van der Waals surface area contributed by atoms with Crippen LogP contribution >= 0.6 is 0 Å².